The molecule has 2 fully saturated rings. The van der Waals surface area contributed by atoms with E-state index in [1.807, 2.05) is 0 Å². The maximum Gasteiger partial charge on any atom is 0.255 e. The van der Waals surface area contributed by atoms with Gasteiger partial charge >= 0.3 is 0 Å². The first-order chi connectivity index (χ1) is 16.7. The molecule has 0 spiro atoms. The Morgan fingerprint density at radius 3 is 2.48 bits per heavy atom. The van der Waals surface area contributed by atoms with Crippen LogP contribution in [-0.4, -0.2) is 52.1 Å². The summed E-state index contributed by atoms with van der Waals surface area (Å²) in [6.45, 7) is -2.03. The molecule has 1 atom stereocenters. The van der Waals surface area contributed by atoms with E-state index in [0.717, 1.165) is 17.0 Å². The van der Waals surface area contributed by atoms with Crippen molar-refractivity contribution in [2.45, 2.75) is 70.4 Å². The number of imide groups is 1. The SMILES string of the molecule is [2H]C1([2H])C(c2cc3c(cc2F)C(=O)N(C2CCC(=O)NC2=O)C3)C([2H])([2H])C([2H])([2H])N(C(C)(C)C)C1([2H])[2H]. The van der Waals surface area contributed by atoms with Crippen LogP contribution in [-0.2, 0) is 16.1 Å². The number of fused-ring (bicyclic) bond motifs is 1. The average Bonchev–Trinajstić information content (AvgIpc) is 3.01. The normalized spacial score (nSPS) is 35.1. The molecule has 1 aromatic carbocycles. The van der Waals surface area contributed by atoms with Crippen molar-refractivity contribution in [1.82, 2.24) is 15.1 Å². The van der Waals surface area contributed by atoms with Crippen LogP contribution >= 0.6 is 0 Å². The van der Waals surface area contributed by atoms with Gasteiger partial charge in [-0.15, -0.1) is 0 Å². The summed E-state index contributed by atoms with van der Waals surface area (Å²) in [6.07, 6.45) is -6.16. The van der Waals surface area contributed by atoms with Crippen LogP contribution in [0.15, 0.2) is 12.1 Å². The van der Waals surface area contributed by atoms with E-state index in [4.69, 9.17) is 11.0 Å². The van der Waals surface area contributed by atoms with Crippen molar-refractivity contribution in [3.63, 3.8) is 0 Å². The number of halogens is 1. The molecule has 1 aromatic rings. The molecule has 7 heteroatoms. The van der Waals surface area contributed by atoms with E-state index in [0.29, 0.717) is 4.90 Å². The van der Waals surface area contributed by atoms with Crippen LogP contribution in [0.25, 0.3) is 0 Å². The molecular weight excluding hydrogens is 373 g/mol. The van der Waals surface area contributed by atoms with Crippen LogP contribution in [0.5, 0.6) is 0 Å². The van der Waals surface area contributed by atoms with E-state index in [9.17, 15) is 14.4 Å². The highest BCUT2D eigenvalue weighted by atomic mass is 19.1. The van der Waals surface area contributed by atoms with Gasteiger partial charge in [-0.3, -0.25) is 24.6 Å². The van der Waals surface area contributed by atoms with Crippen molar-refractivity contribution in [2.75, 3.05) is 13.0 Å². The molecule has 2 saturated heterocycles. The average molecular weight is 410 g/mol. The van der Waals surface area contributed by atoms with Crippen molar-refractivity contribution in [1.29, 1.82) is 0 Å². The van der Waals surface area contributed by atoms with Crippen LogP contribution in [0.4, 0.5) is 4.39 Å². The van der Waals surface area contributed by atoms with E-state index >= 15 is 4.39 Å². The molecule has 0 radical (unpaired) electrons. The molecule has 29 heavy (non-hydrogen) atoms. The number of nitrogens with zero attached hydrogens (tertiary/aromatic N) is 2. The minimum absolute atomic E-state index is 0.00701. The second-order valence-electron chi connectivity index (χ2n) is 8.38. The summed E-state index contributed by atoms with van der Waals surface area (Å²) >= 11 is 0. The van der Waals surface area contributed by atoms with Gasteiger partial charge in [-0.25, -0.2) is 4.39 Å². The highest BCUT2D eigenvalue weighted by Crippen LogP contribution is 2.36. The zero-order valence-electron chi connectivity index (χ0n) is 24.4. The number of hydrogen-bond acceptors (Lipinski definition) is 4. The molecule has 6 nitrogen and oxygen atoms in total. The Labute approximate surface area is 181 Å². The molecule has 0 aromatic heterocycles. The van der Waals surface area contributed by atoms with Gasteiger partial charge in [0.15, 0.2) is 0 Å². The van der Waals surface area contributed by atoms with Crippen LogP contribution in [0.3, 0.4) is 0 Å². The minimum atomic E-state index is -3.11. The molecule has 3 aliphatic rings. The van der Waals surface area contributed by atoms with Gasteiger partial charge in [-0.05, 0) is 76.0 Å². The third-order valence-corrected chi connectivity index (χ3v) is 5.26. The quantitative estimate of drug-likeness (QED) is 0.763. The van der Waals surface area contributed by atoms with Crippen molar-refractivity contribution in [3.8, 4) is 0 Å². The third-order valence-electron chi connectivity index (χ3n) is 5.26. The summed E-state index contributed by atoms with van der Waals surface area (Å²) in [4.78, 5) is 38.5. The number of nitrogens with one attached hydrogen (secondary N) is 1. The van der Waals surface area contributed by atoms with Gasteiger partial charge in [-0.2, -0.15) is 0 Å². The zero-order valence-corrected chi connectivity index (χ0v) is 16.4. The standard InChI is InChI=1S/C22H28FN3O3/c1-22(2,3)25-8-6-13(7-9-25)15-10-14-12-26(21(29)16(14)11-17(15)23)18-4-5-19(27)24-20(18)28/h10-11,13,18H,4-9,12H2,1-3H3,(H,24,27,28)/i6D2,7D2,8D2,9D2. The third kappa shape index (κ3) is 3.68. The Balaban J connectivity index is 1.82. The molecule has 0 aliphatic carbocycles. The van der Waals surface area contributed by atoms with Crippen molar-refractivity contribution < 1.29 is 29.7 Å². The molecular formula is C22H28FN3O3. The largest absolute Gasteiger partial charge is 0.322 e. The van der Waals surface area contributed by atoms with Gasteiger partial charge in [0.05, 0.1) is 0 Å². The molecule has 0 bridgehead atoms. The summed E-state index contributed by atoms with van der Waals surface area (Å²) in [5.74, 6) is -5.26. The van der Waals surface area contributed by atoms with Gasteiger partial charge in [0.2, 0.25) is 11.8 Å². The van der Waals surface area contributed by atoms with E-state index in [1.54, 1.807) is 0 Å². The lowest BCUT2D eigenvalue weighted by molar-refractivity contribution is -0.136. The smallest absolute Gasteiger partial charge is 0.255 e. The number of rotatable bonds is 2. The fourth-order valence-electron chi connectivity index (χ4n) is 3.64. The highest BCUT2D eigenvalue weighted by Gasteiger charge is 2.40. The van der Waals surface area contributed by atoms with Gasteiger partial charge in [0.25, 0.3) is 5.91 Å². The molecule has 156 valence electrons. The second-order valence-corrected chi connectivity index (χ2v) is 8.38. The number of carbonyl (C=O) groups is 3. The van der Waals surface area contributed by atoms with Crippen molar-refractivity contribution in [3.05, 3.63) is 34.6 Å². The van der Waals surface area contributed by atoms with Gasteiger partial charge < -0.3 is 4.90 Å². The molecule has 4 rings (SSSR count). The van der Waals surface area contributed by atoms with Crippen molar-refractivity contribution in [2.24, 2.45) is 0 Å². The lowest BCUT2D eigenvalue weighted by Gasteiger charge is -2.41. The number of benzene rings is 1. The Kier molecular flexibility index (Phi) is 3.08. The van der Waals surface area contributed by atoms with Crippen molar-refractivity contribution >= 4 is 17.7 Å². The first kappa shape index (κ1) is 12.4. The number of carbonyl (C=O) groups excluding carboxylic acids is 3. The fourth-order valence-corrected chi connectivity index (χ4v) is 3.64. The maximum atomic E-state index is 15.5. The monoisotopic (exact) mass is 409 g/mol. The summed E-state index contributed by atoms with van der Waals surface area (Å²) < 4.78 is 84.4. The first-order valence-electron chi connectivity index (χ1n) is 13.4. The molecule has 3 heterocycles. The van der Waals surface area contributed by atoms with E-state index in [2.05, 4.69) is 5.32 Å². The minimum Gasteiger partial charge on any atom is -0.322 e. The highest BCUT2D eigenvalue weighted by molar-refractivity contribution is 6.05. The summed E-state index contributed by atoms with van der Waals surface area (Å²) in [5.41, 5.74) is -1.90. The zero-order chi connectivity index (χ0) is 28.1. The first-order valence-corrected chi connectivity index (χ1v) is 9.44. The number of piperidine rings is 2. The molecule has 1 unspecified atom stereocenters. The van der Waals surface area contributed by atoms with Crippen LogP contribution in [0, 0.1) is 5.82 Å². The fraction of sp³-hybridized carbons (Fsp3) is 0.591. The molecule has 0 saturated carbocycles. The van der Waals surface area contributed by atoms with E-state index in [-0.39, 0.29) is 30.5 Å². The lowest BCUT2D eigenvalue weighted by atomic mass is 9.86. The van der Waals surface area contributed by atoms with Gasteiger partial charge in [0.1, 0.15) is 11.9 Å². The summed E-state index contributed by atoms with van der Waals surface area (Å²) in [5, 5.41) is 2.15. The van der Waals surface area contributed by atoms with Gasteiger partial charge in [-0.1, -0.05) is 6.07 Å². The van der Waals surface area contributed by atoms with E-state index in [1.165, 1.54) is 20.8 Å². The molecule has 1 N–H and O–H groups in total. The summed E-state index contributed by atoms with van der Waals surface area (Å²) in [6, 6.07) is 0.875. The Morgan fingerprint density at radius 1 is 1.17 bits per heavy atom. The number of amides is 3. The lowest BCUT2D eigenvalue weighted by Crippen LogP contribution is -2.52. The molecule has 3 amide bonds. The number of likely N-dealkylation sites (tertiary alicyclic amines) is 1. The van der Waals surface area contributed by atoms with Crippen LogP contribution in [0.2, 0.25) is 0 Å². The Hall–Kier alpha value is -2.28. The van der Waals surface area contributed by atoms with Gasteiger partial charge in [0, 0.05) is 35.0 Å². The Morgan fingerprint density at radius 2 is 1.86 bits per heavy atom. The predicted molar refractivity (Wildman–Crippen MR) is 106 cm³/mol. The second kappa shape index (κ2) is 7.20. The topological polar surface area (TPSA) is 69.7 Å². The number of hydrogen-bond donors (Lipinski definition) is 1. The predicted octanol–water partition coefficient (Wildman–Crippen LogP) is 2.56. The Bertz CT molecular complexity index is 1170. The maximum absolute atomic E-state index is 15.5. The summed E-state index contributed by atoms with van der Waals surface area (Å²) in [7, 11) is 0. The van der Waals surface area contributed by atoms with E-state index < -0.39 is 72.3 Å². The van der Waals surface area contributed by atoms with Crippen LogP contribution in [0.1, 0.15) is 84.7 Å². The molecule has 3 aliphatic heterocycles. The van der Waals surface area contributed by atoms with Crippen LogP contribution < -0.4 is 5.32 Å².